The van der Waals surface area contributed by atoms with Crippen LogP contribution >= 0.6 is 0 Å². The number of aliphatic hydroxyl groups excluding tert-OH is 2. The molecule has 1 aromatic rings. The van der Waals surface area contributed by atoms with Gasteiger partial charge in [-0.1, -0.05) is 40.7 Å². The summed E-state index contributed by atoms with van der Waals surface area (Å²) in [5.41, 5.74) is -4.50. The first-order valence-electron chi connectivity index (χ1n) is 18.0. The Balaban J connectivity index is 1.80. The number of hydrogen-bond acceptors (Lipinski definition) is 15. The highest BCUT2D eigenvalue weighted by Gasteiger charge is 2.85. The van der Waals surface area contributed by atoms with Crippen molar-refractivity contribution in [3.63, 3.8) is 0 Å². The van der Waals surface area contributed by atoms with Gasteiger partial charge in [0.2, 0.25) is 0 Å². The molecule has 15 nitrogen and oxygen atoms in total. The number of ether oxygens (including phenoxy) is 7. The van der Waals surface area contributed by atoms with Crippen LogP contribution in [0, 0.1) is 28.6 Å². The number of carbonyl (C=O) groups is 5. The molecule has 3 heterocycles. The third-order valence-corrected chi connectivity index (χ3v) is 12.7. The Morgan fingerprint density at radius 2 is 1.79 bits per heavy atom. The van der Waals surface area contributed by atoms with Gasteiger partial charge in [0.1, 0.15) is 36.1 Å². The van der Waals surface area contributed by atoms with Crippen LogP contribution in [0.2, 0.25) is 0 Å². The lowest BCUT2D eigenvalue weighted by atomic mass is 9.47. The molecule has 2 aliphatic carbocycles. The van der Waals surface area contributed by atoms with Crippen LogP contribution in [0.3, 0.4) is 0 Å². The fourth-order valence-electron chi connectivity index (χ4n) is 9.94. The maximum Gasteiger partial charge on any atom is 0.335 e. The molecular formula is C38H52O15. The van der Waals surface area contributed by atoms with Crippen LogP contribution in [0.5, 0.6) is 0 Å². The number of furan rings is 1. The molecule has 4 aliphatic rings. The molecular weight excluding hydrogens is 696 g/mol. The fraction of sp³-hybridized carbons (Fsp3) is 0.711. The molecule has 5 rings (SSSR count). The lowest BCUT2D eigenvalue weighted by molar-refractivity contribution is -0.234. The predicted molar refractivity (Wildman–Crippen MR) is 181 cm³/mol. The van der Waals surface area contributed by atoms with E-state index in [1.165, 1.54) is 27.2 Å². The average molecular weight is 749 g/mol. The van der Waals surface area contributed by atoms with Crippen LogP contribution < -0.4 is 0 Å². The van der Waals surface area contributed by atoms with Gasteiger partial charge in [-0.25, -0.2) is 4.79 Å². The topological polar surface area (TPSA) is 207 Å². The van der Waals surface area contributed by atoms with Crippen molar-refractivity contribution in [1.82, 2.24) is 0 Å². The standard InChI is InChI=1S/C38H52O15/c1-10-19(2)31(44)34(45)51-33-32(49-18-39)30(20(3)38-27(52-38)13-24(37(33,38)8)23-11-12-47-16-23)36(7)25(14-28(42)46-9)35(6,17-48-21(4)40)53-29(43)15-26(36)50-22(5)41/h11-12,16,18-19,24-27,29-33,43-44H,3,10,13-15,17H2,1-2,4-9H3. The Kier molecular flexibility index (Phi) is 11.3. The smallest absolute Gasteiger partial charge is 0.335 e. The number of aliphatic hydroxyl groups is 2. The van der Waals surface area contributed by atoms with Crippen LogP contribution in [-0.4, -0.2) is 102 Å². The van der Waals surface area contributed by atoms with Gasteiger partial charge in [0, 0.05) is 43.4 Å². The first-order valence-corrected chi connectivity index (χ1v) is 18.0. The normalized spacial score (nSPS) is 40.0. The molecule has 15 heteroatoms. The molecule has 4 fully saturated rings. The number of carbonyl (C=O) groups excluding carboxylic acids is 5. The second kappa shape index (κ2) is 14.8. The van der Waals surface area contributed by atoms with Crippen molar-refractivity contribution >= 4 is 30.3 Å². The van der Waals surface area contributed by atoms with Gasteiger partial charge in [0.25, 0.3) is 6.47 Å². The molecule has 0 aromatic carbocycles. The van der Waals surface area contributed by atoms with Crippen molar-refractivity contribution < 1.29 is 71.8 Å². The van der Waals surface area contributed by atoms with E-state index >= 15 is 0 Å². The van der Waals surface area contributed by atoms with Crippen molar-refractivity contribution in [3.05, 3.63) is 36.3 Å². The molecule has 14 unspecified atom stereocenters. The Labute approximate surface area is 308 Å². The zero-order valence-corrected chi connectivity index (χ0v) is 31.5. The summed E-state index contributed by atoms with van der Waals surface area (Å²) < 4.78 is 47.2. The van der Waals surface area contributed by atoms with Crippen LogP contribution in [0.15, 0.2) is 35.2 Å². The minimum absolute atomic E-state index is 0.213. The minimum atomic E-state index is -1.66. The molecule has 1 aromatic heterocycles. The molecule has 2 aliphatic heterocycles. The number of esters is 4. The number of rotatable bonds is 13. The lowest BCUT2D eigenvalue weighted by Crippen LogP contribution is -2.68. The summed E-state index contributed by atoms with van der Waals surface area (Å²) in [7, 11) is 1.19. The van der Waals surface area contributed by atoms with E-state index in [4.69, 9.17) is 37.6 Å². The first kappa shape index (κ1) is 40.4. The lowest BCUT2D eigenvalue weighted by Gasteiger charge is -2.60. The summed E-state index contributed by atoms with van der Waals surface area (Å²) in [5.74, 6) is -6.22. The molecule has 0 radical (unpaired) electrons. The molecule has 53 heavy (non-hydrogen) atoms. The number of methoxy groups -OCH3 is 1. The van der Waals surface area contributed by atoms with Crippen molar-refractivity contribution in [2.24, 2.45) is 28.6 Å². The zero-order chi connectivity index (χ0) is 39.3. The van der Waals surface area contributed by atoms with Gasteiger partial charge in [-0.3, -0.25) is 19.2 Å². The third kappa shape index (κ3) is 6.57. The van der Waals surface area contributed by atoms with Crippen LogP contribution in [-0.2, 0) is 57.1 Å². The molecule has 1 spiro atoms. The van der Waals surface area contributed by atoms with E-state index in [0.717, 1.165) is 5.56 Å². The van der Waals surface area contributed by atoms with Gasteiger partial charge in [-0.2, -0.15) is 0 Å². The van der Waals surface area contributed by atoms with Crippen molar-refractivity contribution in [3.8, 4) is 0 Å². The minimum Gasteiger partial charge on any atom is -0.472 e. The summed E-state index contributed by atoms with van der Waals surface area (Å²) in [6.07, 6.45) is -4.36. The van der Waals surface area contributed by atoms with Crippen LogP contribution in [0.25, 0.3) is 0 Å². The van der Waals surface area contributed by atoms with E-state index < -0.39 is 114 Å². The van der Waals surface area contributed by atoms with Gasteiger partial charge in [-0.05, 0) is 36.5 Å². The largest absolute Gasteiger partial charge is 0.472 e. The Bertz CT molecular complexity index is 1570. The van der Waals surface area contributed by atoms with E-state index in [0.29, 0.717) is 18.4 Å². The molecule has 294 valence electrons. The molecule has 2 saturated carbocycles. The van der Waals surface area contributed by atoms with E-state index in [1.54, 1.807) is 33.1 Å². The first-order chi connectivity index (χ1) is 24.9. The molecule has 0 bridgehead atoms. The second-order valence-electron chi connectivity index (χ2n) is 15.6. The number of epoxide rings is 1. The average Bonchev–Trinajstić information content (AvgIpc) is 3.47. The van der Waals surface area contributed by atoms with Crippen molar-refractivity contribution in [2.75, 3.05) is 13.7 Å². The Hall–Kier alpha value is -3.79. The molecule has 2 N–H and O–H groups in total. The third-order valence-electron chi connectivity index (χ3n) is 12.7. The summed E-state index contributed by atoms with van der Waals surface area (Å²) >= 11 is 0. The SMILES string of the molecule is C=C1C(C2(C)C(OC(C)=O)CC(O)OC(C)(COC(C)=O)C2CC(=O)OC)C(OC=O)C(OC(=O)C(O)C(C)CC)C2(C)C(c3ccoc3)CC3OC132. The Morgan fingerprint density at radius 1 is 1.09 bits per heavy atom. The van der Waals surface area contributed by atoms with Gasteiger partial charge in [0.15, 0.2) is 12.4 Å². The second-order valence-corrected chi connectivity index (χ2v) is 15.6. The van der Waals surface area contributed by atoms with E-state index in [1.807, 2.05) is 13.8 Å². The van der Waals surface area contributed by atoms with E-state index in [9.17, 15) is 34.2 Å². The summed E-state index contributed by atoms with van der Waals surface area (Å²) in [6, 6.07) is 1.79. The molecule has 0 amide bonds. The van der Waals surface area contributed by atoms with Gasteiger partial charge in [-0.15, -0.1) is 0 Å². The van der Waals surface area contributed by atoms with Gasteiger partial charge in [0.05, 0.1) is 37.6 Å². The van der Waals surface area contributed by atoms with Crippen LogP contribution in [0.4, 0.5) is 0 Å². The predicted octanol–water partition coefficient (Wildman–Crippen LogP) is 3.14. The van der Waals surface area contributed by atoms with Gasteiger partial charge < -0.3 is 47.8 Å². The van der Waals surface area contributed by atoms with Crippen molar-refractivity contribution in [2.45, 2.75) is 128 Å². The van der Waals surface area contributed by atoms with E-state index in [2.05, 4.69) is 6.58 Å². The molecule has 2 saturated heterocycles. The quantitative estimate of drug-likeness (QED) is 0.0977. The summed E-state index contributed by atoms with van der Waals surface area (Å²) in [4.78, 5) is 65.0. The summed E-state index contributed by atoms with van der Waals surface area (Å²) in [5, 5.41) is 22.4. The van der Waals surface area contributed by atoms with Gasteiger partial charge >= 0.3 is 23.9 Å². The number of hydrogen-bond donors (Lipinski definition) is 2. The highest BCUT2D eigenvalue weighted by atomic mass is 16.6. The monoisotopic (exact) mass is 748 g/mol. The Morgan fingerprint density at radius 3 is 2.36 bits per heavy atom. The summed E-state index contributed by atoms with van der Waals surface area (Å²) in [6.45, 7) is 15.3. The van der Waals surface area contributed by atoms with Crippen molar-refractivity contribution in [1.29, 1.82) is 0 Å². The van der Waals surface area contributed by atoms with E-state index in [-0.39, 0.29) is 18.8 Å². The highest BCUT2D eigenvalue weighted by Crippen LogP contribution is 2.76. The maximum atomic E-state index is 13.9. The van der Waals surface area contributed by atoms with Crippen LogP contribution in [0.1, 0.15) is 85.6 Å². The maximum absolute atomic E-state index is 13.9. The highest BCUT2D eigenvalue weighted by molar-refractivity contribution is 5.75. The zero-order valence-electron chi connectivity index (χ0n) is 31.5. The fourth-order valence-corrected chi connectivity index (χ4v) is 9.94. The molecule has 14 atom stereocenters.